The monoisotopic (exact) mass is 849 g/mol. The van der Waals surface area contributed by atoms with Crippen LogP contribution in [0.1, 0.15) is 11.1 Å². The Morgan fingerprint density at radius 1 is 0.369 bits per heavy atom. The maximum atomic E-state index is 4.30. The van der Waals surface area contributed by atoms with Gasteiger partial charge in [0.25, 0.3) is 0 Å². The first kappa shape index (κ1) is 40.0. The summed E-state index contributed by atoms with van der Waals surface area (Å²) in [6.45, 7) is 6.18. The number of hydrogen-bond acceptors (Lipinski definition) is 1. The minimum atomic E-state index is -0.0764. The molecule has 2 heteroatoms. The van der Waals surface area contributed by atoms with Gasteiger partial charge in [-0.1, -0.05) is 188 Å². The van der Waals surface area contributed by atoms with Gasteiger partial charge in [-0.3, -0.25) is 0 Å². The Labute approximate surface area is 384 Å². The summed E-state index contributed by atoms with van der Waals surface area (Å²) in [4.78, 5) is 3.59. The number of aryl methyl sites for hydroxylation is 1. The van der Waals surface area contributed by atoms with Gasteiger partial charge in [0.05, 0.1) is 0 Å². The molecule has 0 spiro atoms. The van der Waals surface area contributed by atoms with Gasteiger partial charge in [-0.25, -0.2) is 0 Å². The van der Waals surface area contributed by atoms with Crippen molar-refractivity contribution in [3.63, 3.8) is 0 Å². The Hall–Kier alpha value is -7.78. The minimum Gasteiger partial charge on any atom is -0.310 e. The molecule has 0 saturated heterocycles. The van der Waals surface area contributed by atoms with Crippen molar-refractivity contribution in [2.45, 2.75) is 11.8 Å². The van der Waals surface area contributed by atoms with Crippen LogP contribution >= 0.6 is 10.5 Å². The summed E-state index contributed by atoms with van der Waals surface area (Å²) in [5.41, 5.74) is 15.4. The molecule has 0 saturated carbocycles. The zero-order chi connectivity index (χ0) is 44.0. The first-order valence-corrected chi connectivity index (χ1v) is 24.0. The van der Waals surface area contributed by atoms with Crippen molar-refractivity contribution in [1.29, 1.82) is 0 Å². The fourth-order valence-electron chi connectivity index (χ4n) is 9.97. The van der Waals surface area contributed by atoms with Crippen molar-refractivity contribution in [1.82, 2.24) is 0 Å². The van der Waals surface area contributed by atoms with Crippen LogP contribution in [-0.4, -0.2) is 12.1 Å². The average Bonchev–Trinajstić information content (AvgIpc) is 3.35. The van der Waals surface area contributed by atoms with E-state index in [4.69, 9.17) is 0 Å². The highest BCUT2D eigenvalue weighted by Crippen LogP contribution is 2.48. The molecule has 0 fully saturated rings. The molecule has 0 aliphatic rings. The summed E-state index contributed by atoms with van der Waals surface area (Å²) in [6, 6.07) is 80.5. The van der Waals surface area contributed by atoms with Gasteiger partial charge in [-0.2, -0.15) is 10.5 Å². The van der Waals surface area contributed by atoms with Crippen LogP contribution in [0, 0.1) is 6.92 Å². The SMILES string of the molecule is C=Cc1ccc(N(c2ccc(S(=C)C)cc2)c2cccc(-c3c4ccccc4c(-c4cccc(-c5c6ccccc6c(-c6cccc(C)c6)c6ccccc56)c4)c4ccccc34)c2)cc1. The van der Waals surface area contributed by atoms with E-state index in [9.17, 15) is 0 Å². The van der Waals surface area contributed by atoms with Crippen LogP contribution < -0.4 is 4.90 Å². The van der Waals surface area contributed by atoms with Crippen molar-refractivity contribution in [3.05, 3.63) is 236 Å². The van der Waals surface area contributed by atoms with Crippen molar-refractivity contribution >= 4 is 82.6 Å². The highest BCUT2D eigenvalue weighted by atomic mass is 32.2. The molecule has 0 bridgehead atoms. The predicted molar refractivity (Wildman–Crippen MR) is 287 cm³/mol. The van der Waals surface area contributed by atoms with Crippen molar-refractivity contribution in [2.24, 2.45) is 0 Å². The lowest BCUT2D eigenvalue weighted by atomic mass is 9.83. The Morgan fingerprint density at radius 2 is 0.723 bits per heavy atom. The first-order chi connectivity index (χ1) is 31.9. The number of nitrogens with zero attached hydrogens (tertiary/aromatic N) is 1. The second-order valence-electron chi connectivity index (χ2n) is 16.9. The fourth-order valence-corrected chi connectivity index (χ4v) is 10.6. The van der Waals surface area contributed by atoms with Crippen LogP contribution in [0.3, 0.4) is 0 Å². The zero-order valence-electron chi connectivity index (χ0n) is 36.6. The number of rotatable bonds is 9. The minimum absolute atomic E-state index is 0.0764. The molecule has 11 aromatic carbocycles. The van der Waals surface area contributed by atoms with Crippen molar-refractivity contribution in [2.75, 3.05) is 11.2 Å². The van der Waals surface area contributed by atoms with E-state index < -0.39 is 0 Å². The zero-order valence-corrected chi connectivity index (χ0v) is 37.4. The summed E-state index contributed by atoms with van der Waals surface area (Å²) in [5.74, 6) is 4.30. The van der Waals surface area contributed by atoms with Gasteiger partial charge in [0.2, 0.25) is 0 Å². The lowest BCUT2D eigenvalue weighted by Crippen LogP contribution is -2.10. The van der Waals surface area contributed by atoms with Crippen LogP contribution in [0.15, 0.2) is 230 Å². The van der Waals surface area contributed by atoms with Gasteiger partial charge in [-0.05, 0) is 161 Å². The second-order valence-corrected chi connectivity index (χ2v) is 18.7. The molecule has 1 atom stereocenters. The summed E-state index contributed by atoms with van der Waals surface area (Å²) in [5, 5.41) is 9.92. The largest absolute Gasteiger partial charge is 0.310 e. The predicted octanol–water partition coefficient (Wildman–Crippen LogP) is 18.1. The highest BCUT2D eigenvalue weighted by molar-refractivity contribution is 8.13. The van der Waals surface area contributed by atoms with Crippen LogP contribution in [0.4, 0.5) is 17.1 Å². The smallest absolute Gasteiger partial charge is 0.0467 e. The molecule has 1 nitrogen and oxygen atoms in total. The molecule has 0 radical (unpaired) electrons. The molecule has 0 aromatic heterocycles. The molecule has 0 heterocycles. The summed E-state index contributed by atoms with van der Waals surface area (Å²) < 4.78 is 0. The van der Waals surface area contributed by atoms with Crippen LogP contribution in [0.5, 0.6) is 0 Å². The third-order valence-electron chi connectivity index (χ3n) is 12.9. The van der Waals surface area contributed by atoms with Crippen LogP contribution in [-0.2, 0) is 0 Å². The Bertz CT molecular complexity index is 3540. The first-order valence-electron chi connectivity index (χ1n) is 22.2. The number of fused-ring (bicyclic) bond motifs is 4. The molecule has 0 aliphatic carbocycles. The molecule has 0 N–H and O–H groups in total. The van der Waals surface area contributed by atoms with E-state index in [1.54, 1.807) is 0 Å². The van der Waals surface area contributed by atoms with E-state index in [1.807, 2.05) is 6.08 Å². The van der Waals surface area contributed by atoms with Gasteiger partial charge in [0.15, 0.2) is 0 Å². The number of benzene rings is 11. The van der Waals surface area contributed by atoms with Crippen LogP contribution in [0.25, 0.3) is 93.7 Å². The Kier molecular flexibility index (Phi) is 10.3. The van der Waals surface area contributed by atoms with E-state index in [1.165, 1.54) is 98.1 Å². The maximum absolute atomic E-state index is 4.30. The summed E-state index contributed by atoms with van der Waals surface area (Å²) >= 11 is 0. The quantitative estimate of drug-likeness (QED) is 0.103. The van der Waals surface area contributed by atoms with Gasteiger partial charge in [-0.15, -0.1) is 0 Å². The summed E-state index contributed by atoms with van der Waals surface area (Å²) in [7, 11) is -0.0764. The normalized spacial score (nSPS) is 11.9. The van der Waals surface area contributed by atoms with E-state index in [-0.39, 0.29) is 10.5 Å². The Morgan fingerprint density at radius 3 is 1.11 bits per heavy atom. The third kappa shape index (κ3) is 7.13. The molecule has 0 aliphatic heterocycles. The lowest BCUT2D eigenvalue weighted by molar-refractivity contribution is 1.27. The van der Waals surface area contributed by atoms with E-state index in [2.05, 4.69) is 249 Å². The fraction of sp³-hybridized carbons (Fsp3) is 0.0317. The molecule has 11 aromatic rings. The van der Waals surface area contributed by atoms with Crippen LogP contribution in [0.2, 0.25) is 0 Å². The maximum Gasteiger partial charge on any atom is 0.0467 e. The van der Waals surface area contributed by atoms with Gasteiger partial charge in [0, 0.05) is 22.0 Å². The summed E-state index contributed by atoms with van der Waals surface area (Å²) in [6.07, 6.45) is 4.06. The molecule has 310 valence electrons. The molecule has 1 unspecified atom stereocenters. The van der Waals surface area contributed by atoms with Gasteiger partial charge in [0.1, 0.15) is 0 Å². The van der Waals surface area contributed by atoms with E-state index in [0.717, 1.165) is 22.6 Å². The third-order valence-corrected chi connectivity index (χ3v) is 14.0. The molecule has 0 amide bonds. The average molecular weight is 850 g/mol. The van der Waals surface area contributed by atoms with Crippen molar-refractivity contribution in [3.8, 4) is 44.5 Å². The molecule has 65 heavy (non-hydrogen) atoms. The molecular formula is C63H47NS. The number of hydrogen-bond donors (Lipinski definition) is 0. The highest BCUT2D eigenvalue weighted by Gasteiger charge is 2.21. The Balaban J connectivity index is 1.10. The molecular weight excluding hydrogens is 803 g/mol. The van der Waals surface area contributed by atoms with E-state index >= 15 is 0 Å². The van der Waals surface area contributed by atoms with Gasteiger partial charge < -0.3 is 4.90 Å². The second kappa shape index (κ2) is 16.7. The van der Waals surface area contributed by atoms with Gasteiger partial charge >= 0.3 is 0 Å². The molecule has 11 rings (SSSR count). The topological polar surface area (TPSA) is 3.24 Å². The lowest BCUT2D eigenvalue weighted by Gasteiger charge is -2.27. The van der Waals surface area contributed by atoms with Crippen molar-refractivity contribution < 1.29 is 0 Å². The standard InChI is InChI=1S/C63H47NS/c1-5-43-31-33-48(34-32-43)64(49-35-37-51(38-36-49)65(3)4)50-22-16-21-47(41-50)63-58-29-12-10-27-56(58)62(57-28-11-13-30-59(57)63)46-20-15-19-45(40-46)61-54-25-8-6-23-52(54)60(44-18-14-17-42(2)39-44)53-24-7-9-26-55(53)61/h5-41H,1,3H2,2,4H3. The van der Waals surface area contributed by atoms with E-state index in [0.29, 0.717) is 0 Å². The number of anilines is 3.